The van der Waals surface area contributed by atoms with Gasteiger partial charge >= 0.3 is 24.7 Å². The van der Waals surface area contributed by atoms with Crippen molar-refractivity contribution in [2.75, 3.05) is 0 Å². The molecule has 0 unspecified atom stereocenters. The first-order valence-corrected chi connectivity index (χ1v) is 12.5. The molecule has 0 heterocycles. The normalized spacial score (nSPS) is 12.9. The molecule has 0 saturated heterocycles. The Hall–Kier alpha value is -7.01. The number of hydrogen-bond acceptors (Lipinski definition) is 7. The van der Waals surface area contributed by atoms with Gasteiger partial charge in [-0.1, -0.05) is 0 Å². The van der Waals surface area contributed by atoms with E-state index < -0.39 is 107 Å². The van der Waals surface area contributed by atoms with E-state index in [0.717, 1.165) is 24.3 Å². The van der Waals surface area contributed by atoms with E-state index in [0.29, 0.717) is 0 Å². The van der Waals surface area contributed by atoms with Crippen LogP contribution >= 0.6 is 0 Å². The van der Waals surface area contributed by atoms with Gasteiger partial charge in [-0.2, -0.15) is 89.5 Å². The minimum absolute atomic E-state index is 0.200. The lowest BCUT2D eigenvalue weighted by atomic mass is 9.86. The second kappa shape index (κ2) is 12.9. The average molecular weight is 703 g/mol. The fourth-order valence-electron chi connectivity index (χ4n) is 4.77. The summed E-state index contributed by atoms with van der Waals surface area (Å²) < 4.78 is 167. The first kappa shape index (κ1) is 37.4. The molecule has 0 saturated carbocycles. The van der Waals surface area contributed by atoms with E-state index in [1.807, 2.05) is 0 Å². The summed E-state index contributed by atoms with van der Waals surface area (Å²) in [4.78, 5) is 0. The smallest absolute Gasteiger partial charge is 0.192 e. The molecule has 0 radical (unpaired) electrons. The molecule has 50 heavy (non-hydrogen) atoms. The van der Waals surface area contributed by atoms with Crippen molar-refractivity contribution in [3.8, 4) is 42.5 Å². The maximum atomic E-state index is 14.2. The molecule has 3 aromatic rings. The molecule has 0 amide bonds. The zero-order valence-electron chi connectivity index (χ0n) is 23.6. The third kappa shape index (κ3) is 6.69. The van der Waals surface area contributed by atoms with Crippen LogP contribution in [0.3, 0.4) is 0 Å². The summed E-state index contributed by atoms with van der Waals surface area (Å²) in [6, 6.07) is 6.97. The van der Waals surface area contributed by atoms with Crippen LogP contribution in [0.4, 0.5) is 52.7 Å². The van der Waals surface area contributed by atoms with Crippen LogP contribution in [-0.2, 0) is 24.7 Å². The summed E-state index contributed by atoms with van der Waals surface area (Å²) >= 11 is 0. The number of benzene rings is 3. The molecule has 0 aliphatic carbocycles. The molecule has 3 rings (SSSR count). The van der Waals surface area contributed by atoms with Gasteiger partial charge in [0.2, 0.25) is 0 Å². The largest absolute Gasteiger partial charge is 0.418 e. The topological polar surface area (TPSA) is 167 Å². The van der Waals surface area contributed by atoms with E-state index in [1.54, 1.807) is 0 Å². The molecular weight excluding hydrogens is 698 g/mol. The van der Waals surface area contributed by atoms with Gasteiger partial charge in [0.25, 0.3) is 0 Å². The van der Waals surface area contributed by atoms with Crippen molar-refractivity contribution in [1.29, 1.82) is 36.8 Å². The Morgan fingerprint density at radius 1 is 0.420 bits per heavy atom. The fraction of sp³-hybridized carbons (Fsp3) is 0.129. The number of rotatable bonds is 2. The molecule has 7 nitrogen and oxygen atoms in total. The monoisotopic (exact) mass is 703 g/mol. The van der Waals surface area contributed by atoms with Crippen molar-refractivity contribution in [3.63, 3.8) is 0 Å². The molecule has 0 fully saturated rings. The van der Waals surface area contributed by atoms with Crippen LogP contribution < -0.4 is 10.4 Å². The van der Waals surface area contributed by atoms with Crippen molar-refractivity contribution in [3.05, 3.63) is 102 Å². The molecule has 3 aromatic carbocycles. The van der Waals surface area contributed by atoms with Crippen LogP contribution in [0.5, 0.6) is 0 Å². The van der Waals surface area contributed by atoms with Gasteiger partial charge in [-0.25, -0.2) is 0 Å². The molecule has 0 atom stereocenters. The molecule has 0 bridgehead atoms. The van der Waals surface area contributed by atoms with Crippen LogP contribution in [-0.4, -0.2) is 0 Å². The molecule has 248 valence electrons. The first-order chi connectivity index (χ1) is 23.0. The number of alkyl halides is 12. The molecular formula is C31H5F12N7. The summed E-state index contributed by atoms with van der Waals surface area (Å²) in [5.41, 5.74) is -21.9. The fourth-order valence-corrected chi connectivity index (χ4v) is 4.77. The predicted molar refractivity (Wildman–Crippen MR) is 138 cm³/mol. The van der Waals surface area contributed by atoms with Crippen molar-refractivity contribution < 1.29 is 52.7 Å². The molecule has 0 spiro atoms. The number of hydrogen-bond donors (Lipinski definition) is 0. The van der Waals surface area contributed by atoms with Gasteiger partial charge in [0.1, 0.15) is 24.3 Å². The third-order valence-corrected chi connectivity index (χ3v) is 6.69. The maximum Gasteiger partial charge on any atom is 0.418 e. The third-order valence-electron chi connectivity index (χ3n) is 6.69. The van der Waals surface area contributed by atoms with E-state index in [9.17, 15) is 89.5 Å². The zero-order chi connectivity index (χ0) is 38.1. The van der Waals surface area contributed by atoms with Gasteiger partial charge in [-0.3, -0.25) is 0 Å². The van der Waals surface area contributed by atoms with Crippen LogP contribution in [0.2, 0.25) is 0 Å². The Kier molecular flexibility index (Phi) is 9.65. The van der Waals surface area contributed by atoms with Gasteiger partial charge in [0, 0.05) is 21.6 Å². The van der Waals surface area contributed by atoms with Crippen LogP contribution in [0.15, 0.2) is 30.3 Å². The number of nitriles is 7. The van der Waals surface area contributed by atoms with Gasteiger partial charge in [-0.05, 0) is 30.3 Å². The summed E-state index contributed by atoms with van der Waals surface area (Å²) in [6.07, 6.45) is -22.3. The molecule has 19 heteroatoms. The summed E-state index contributed by atoms with van der Waals surface area (Å²) in [5.74, 6) is 0. The summed E-state index contributed by atoms with van der Waals surface area (Å²) in [5, 5.41) is 65.6. The lowest BCUT2D eigenvalue weighted by molar-refractivity contribution is -0.141. The first-order valence-electron chi connectivity index (χ1n) is 12.5. The van der Waals surface area contributed by atoms with E-state index in [4.69, 9.17) is 0 Å². The standard InChI is InChI=1S/C31H5F12N7/c32-28(33,34)16-1-14(7-45)26(30(38,39)40)19(4-16)21(9-47)18-3-13(6-44)25(24(12-50)22(18)10-48)23(11-49)20-5-17(29(35,36)37)2-15(8-46)27(20)31(41,42)43/h1-5H/b21-18-,25-23+. The minimum Gasteiger partial charge on any atom is -0.192 e. The van der Waals surface area contributed by atoms with E-state index in [2.05, 4.69) is 0 Å². The van der Waals surface area contributed by atoms with Crippen LogP contribution in [0.25, 0.3) is 11.1 Å². The van der Waals surface area contributed by atoms with Crippen molar-refractivity contribution >= 4 is 11.1 Å². The number of nitrogens with zero attached hydrogens (tertiary/aromatic N) is 7. The van der Waals surface area contributed by atoms with E-state index >= 15 is 0 Å². The highest BCUT2D eigenvalue weighted by Gasteiger charge is 2.43. The Labute approximate surface area is 270 Å². The van der Waals surface area contributed by atoms with Gasteiger partial charge in [0.05, 0.1) is 79.4 Å². The second-order valence-electron chi connectivity index (χ2n) is 9.51. The van der Waals surface area contributed by atoms with Crippen LogP contribution in [0.1, 0.15) is 61.2 Å². The predicted octanol–water partition coefficient (Wildman–Crippen LogP) is 6.57. The highest BCUT2D eigenvalue weighted by atomic mass is 19.4. The summed E-state index contributed by atoms with van der Waals surface area (Å²) in [7, 11) is 0. The van der Waals surface area contributed by atoms with Crippen molar-refractivity contribution in [1.82, 2.24) is 0 Å². The second-order valence-corrected chi connectivity index (χ2v) is 9.51. The van der Waals surface area contributed by atoms with E-state index in [-0.39, 0.29) is 30.3 Å². The Morgan fingerprint density at radius 2 is 0.800 bits per heavy atom. The summed E-state index contributed by atoms with van der Waals surface area (Å²) in [6.45, 7) is 0. The van der Waals surface area contributed by atoms with E-state index in [1.165, 1.54) is 18.2 Å². The zero-order valence-corrected chi connectivity index (χ0v) is 23.6. The highest BCUT2D eigenvalue weighted by Crippen LogP contribution is 2.42. The lowest BCUT2D eigenvalue weighted by Crippen LogP contribution is -2.28. The average Bonchev–Trinajstić information content (AvgIpc) is 3.02. The van der Waals surface area contributed by atoms with Crippen LogP contribution in [0, 0.1) is 79.3 Å². The van der Waals surface area contributed by atoms with Crippen molar-refractivity contribution in [2.45, 2.75) is 24.7 Å². The SMILES string of the molecule is N#C/C(c1cc(C(F)(F)F)cc(C#N)c1C(F)(F)F)=c1/c(C#N)c/c(=C(\C#N)c2cc(C(F)(F)F)cc(C#N)c2C(F)(F)F)c(C#N)c1C#N. The van der Waals surface area contributed by atoms with Crippen molar-refractivity contribution in [2.24, 2.45) is 0 Å². The molecule has 0 aliphatic heterocycles. The quantitative estimate of drug-likeness (QED) is 0.272. The minimum atomic E-state index is -5.69. The Bertz CT molecular complexity index is 2400. The molecule has 0 aromatic heterocycles. The Morgan fingerprint density at radius 3 is 1.10 bits per heavy atom. The van der Waals surface area contributed by atoms with Gasteiger partial charge in [0.15, 0.2) is 0 Å². The lowest BCUT2D eigenvalue weighted by Gasteiger charge is -2.18. The van der Waals surface area contributed by atoms with Gasteiger partial charge in [-0.15, -0.1) is 0 Å². The highest BCUT2D eigenvalue weighted by molar-refractivity contribution is 5.85. The Balaban J connectivity index is 2.88. The molecule has 0 aliphatic rings. The van der Waals surface area contributed by atoms with Gasteiger partial charge < -0.3 is 0 Å². The molecule has 0 N–H and O–H groups in total. The number of halogens is 12. The maximum absolute atomic E-state index is 14.2.